The fraction of sp³-hybridized carbons (Fsp3) is 0.300. The van der Waals surface area contributed by atoms with Crippen LogP contribution in [0.25, 0.3) is 22.0 Å². The zero-order chi connectivity index (χ0) is 28.2. The molecule has 0 aliphatic carbocycles. The molecule has 0 aliphatic heterocycles. The van der Waals surface area contributed by atoms with E-state index in [1.165, 1.54) is 0 Å². The van der Waals surface area contributed by atoms with Crippen molar-refractivity contribution in [1.82, 2.24) is 20.8 Å². The number of nitrogens with zero attached hydrogens (tertiary/aromatic N) is 1. The van der Waals surface area contributed by atoms with Crippen LogP contribution in [0.4, 0.5) is 4.79 Å². The highest BCUT2D eigenvalue weighted by molar-refractivity contribution is 5.97. The van der Waals surface area contributed by atoms with Gasteiger partial charge >= 0.3 is 6.09 Å². The third-order valence-electron chi connectivity index (χ3n) is 6.14. The summed E-state index contributed by atoms with van der Waals surface area (Å²) < 4.78 is 16.3. The van der Waals surface area contributed by atoms with Gasteiger partial charge in [-0.1, -0.05) is 18.2 Å². The molecule has 0 saturated carbocycles. The highest BCUT2D eigenvalue weighted by Gasteiger charge is 2.21. The Morgan fingerprint density at radius 1 is 0.949 bits per heavy atom. The highest BCUT2D eigenvalue weighted by Crippen LogP contribution is 2.30. The predicted molar refractivity (Wildman–Crippen MR) is 150 cm³/mol. The van der Waals surface area contributed by atoms with E-state index in [0.29, 0.717) is 17.1 Å². The molecule has 4 rings (SSSR count). The van der Waals surface area contributed by atoms with Crippen molar-refractivity contribution >= 4 is 22.9 Å². The van der Waals surface area contributed by atoms with Crippen molar-refractivity contribution in [3.63, 3.8) is 0 Å². The van der Waals surface area contributed by atoms with Gasteiger partial charge in [-0.15, -0.1) is 0 Å². The Kier molecular flexibility index (Phi) is 8.09. The molecule has 1 heterocycles. The fourth-order valence-corrected chi connectivity index (χ4v) is 4.19. The summed E-state index contributed by atoms with van der Waals surface area (Å²) >= 11 is 0. The molecule has 0 bridgehead atoms. The monoisotopic (exact) mass is 530 g/mol. The molecule has 9 heteroatoms. The Bertz CT molecular complexity index is 1490. The van der Waals surface area contributed by atoms with Crippen molar-refractivity contribution in [2.45, 2.75) is 39.3 Å². The molecule has 0 aliphatic rings. The first-order valence-corrected chi connectivity index (χ1v) is 12.6. The second kappa shape index (κ2) is 11.5. The van der Waals surface area contributed by atoms with Gasteiger partial charge in [0.1, 0.15) is 17.1 Å². The number of rotatable bonds is 8. The van der Waals surface area contributed by atoms with Crippen molar-refractivity contribution in [3.8, 4) is 22.6 Å². The number of H-pyrrole nitrogens is 1. The summed E-state index contributed by atoms with van der Waals surface area (Å²) in [4.78, 5) is 25.9. The Hall–Kier alpha value is -4.53. The van der Waals surface area contributed by atoms with E-state index < -0.39 is 17.7 Å². The number of hydrogen-bond donors (Lipinski definition) is 3. The van der Waals surface area contributed by atoms with Gasteiger partial charge in [0.2, 0.25) is 0 Å². The largest absolute Gasteiger partial charge is 0.497 e. The van der Waals surface area contributed by atoms with Gasteiger partial charge in [0.25, 0.3) is 5.91 Å². The number of amides is 2. The quantitative estimate of drug-likeness (QED) is 0.275. The second-order valence-electron chi connectivity index (χ2n) is 10.2. The van der Waals surface area contributed by atoms with Gasteiger partial charge in [-0.3, -0.25) is 9.89 Å². The zero-order valence-electron chi connectivity index (χ0n) is 23.0. The average Bonchev–Trinajstić information content (AvgIpc) is 3.29. The van der Waals surface area contributed by atoms with Crippen molar-refractivity contribution in [2.24, 2.45) is 0 Å². The molecule has 9 nitrogen and oxygen atoms in total. The van der Waals surface area contributed by atoms with Gasteiger partial charge in [0.15, 0.2) is 0 Å². The van der Waals surface area contributed by atoms with Gasteiger partial charge in [-0.25, -0.2) is 4.79 Å². The van der Waals surface area contributed by atoms with E-state index in [4.69, 9.17) is 14.2 Å². The maximum Gasteiger partial charge on any atom is 0.407 e. The minimum absolute atomic E-state index is 0.112. The van der Waals surface area contributed by atoms with Gasteiger partial charge in [-0.2, -0.15) is 5.10 Å². The fourth-order valence-electron chi connectivity index (χ4n) is 4.19. The van der Waals surface area contributed by atoms with Crippen molar-refractivity contribution < 1.29 is 23.8 Å². The maximum absolute atomic E-state index is 13.6. The van der Waals surface area contributed by atoms with E-state index in [-0.39, 0.29) is 12.5 Å². The molecule has 39 heavy (non-hydrogen) atoms. The SMILES string of the molecule is COc1cc(C(=O)NC(CNC(=O)OC(C)(C)C)c2cccc(OC)c2)cc(-c2ccc3[nH]nc(C)c3c2)c1. The smallest absolute Gasteiger partial charge is 0.407 e. The molecule has 3 aromatic carbocycles. The van der Waals surface area contributed by atoms with Crippen LogP contribution in [0.1, 0.15) is 48.4 Å². The highest BCUT2D eigenvalue weighted by atomic mass is 16.6. The van der Waals surface area contributed by atoms with Crippen LogP contribution in [-0.2, 0) is 4.74 Å². The summed E-state index contributed by atoms with van der Waals surface area (Å²) in [6, 6.07) is 18.1. The number of methoxy groups -OCH3 is 2. The van der Waals surface area contributed by atoms with Crippen LogP contribution in [0.15, 0.2) is 60.7 Å². The van der Waals surface area contributed by atoms with Crippen LogP contribution >= 0.6 is 0 Å². The summed E-state index contributed by atoms with van der Waals surface area (Å²) in [6.07, 6.45) is -0.571. The number of nitrogens with one attached hydrogen (secondary N) is 3. The van der Waals surface area contributed by atoms with E-state index in [1.54, 1.807) is 41.1 Å². The van der Waals surface area contributed by atoms with E-state index in [1.807, 2.05) is 61.5 Å². The number of alkyl carbamates (subject to hydrolysis) is 1. The van der Waals surface area contributed by atoms with Gasteiger partial charge in [-0.05, 0) is 86.8 Å². The zero-order valence-corrected chi connectivity index (χ0v) is 23.0. The van der Waals surface area contributed by atoms with Crippen molar-refractivity contribution in [2.75, 3.05) is 20.8 Å². The number of aromatic amines is 1. The van der Waals surface area contributed by atoms with Crippen molar-refractivity contribution in [1.29, 1.82) is 0 Å². The minimum Gasteiger partial charge on any atom is -0.497 e. The lowest BCUT2D eigenvalue weighted by atomic mass is 9.99. The third-order valence-corrected chi connectivity index (χ3v) is 6.14. The van der Waals surface area contributed by atoms with E-state index in [0.717, 1.165) is 33.3 Å². The summed E-state index contributed by atoms with van der Waals surface area (Å²) in [7, 11) is 3.14. The van der Waals surface area contributed by atoms with Crippen LogP contribution < -0.4 is 20.1 Å². The summed E-state index contributed by atoms with van der Waals surface area (Å²) in [5.41, 5.74) is 4.12. The molecule has 1 aromatic heterocycles. The summed E-state index contributed by atoms with van der Waals surface area (Å²) in [5.74, 6) is 0.860. The van der Waals surface area contributed by atoms with Crippen LogP contribution in [0.3, 0.4) is 0 Å². The van der Waals surface area contributed by atoms with Crippen LogP contribution in [0, 0.1) is 6.92 Å². The molecule has 0 fully saturated rings. The lowest BCUT2D eigenvalue weighted by molar-refractivity contribution is 0.0520. The standard InChI is InChI=1S/C30H34N4O5/c1-18-25-16-19(10-11-26(25)34-33-18)21-12-22(15-24(14-21)38-6)28(35)32-27(17-31-29(36)39-30(2,3)4)20-8-7-9-23(13-20)37-5/h7-16,27H,17H2,1-6H3,(H,31,36)(H,32,35)(H,33,34). The number of fused-ring (bicyclic) bond motifs is 1. The van der Waals surface area contributed by atoms with Crippen LogP contribution in [0.5, 0.6) is 11.5 Å². The molecule has 204 valence electrons. The van der Waals surface area contributed by atoms with Crippen LogP contribution in [0.2, 0.25) is 0 Å². The van der Waals surface area contributed by atoms with E-state index in [2.05, 4.69) is 20.8 Å². The predicted octanol–water partition coefficient (Wildman–Crippen LogP) is 5.55. The second-order valence-corrected chi connectivity index (χ2v) is 10.2. The summed E-state index contributed by atoms with van der Waals surface area (Å²) in [6.45, 7) is 7.43. The number of aryl methyl sites for hydroxylation is 1. The molecule has 0 spiro atoms. The number of ether oxygens (including phenoxy) is 3. The minimum atomic E-state index is -0.645. The topological polar surface area (TPSA) is 115 Å². The first-order valence-electron chi connectivity index (χ1n) is 12.6. The maximum atomic E-state index is 13.6. The van der Waals surface area contributed by atoms with Crippen LogP contribution in [-0.4, -0.2) is 48.6 Å². The molecule has 1 unspecified atom stereocenters. The molecule has 1 atom stereocenters. The molecule has 4 aromatic rings. The molecule has 2 amide bonds. The average molecular weight is 531 g/mol. The van der Waals surface area contributed by atoms with Crippen molar-refractivity contribution in [3.05, 3.63) is 77.5 Å². The van der Waals surface area contributed by atoms with E-state index >= 15 is 0 Å². The van der Waals surface area contributed by atoms with Gasteiger partial charge in [0, 0.05) is 17.5 Å². The third kappa shape index (κ3) is 6.87. The lowest BCUT2D eigenvalue weighted by Gasteiger charge is -2.23. The molecule has 3 N–H and O–H groups in total. The lowest BCUT2D eigenvalue weighted by Crippen LogP contribution is -2.40. The molecule has 0 saturated heterocycles. The number of hydrogen-bond acceptors (Lipinski definition) is 6. The first-order chi connectivity index (χ1) is 18.6. The summed E-state index contributed by atoms with van der Waals surface area (Å²) in [5, 5.41) is 14.1. The van der Waals surface area contributed by atoms with Gasteiger partial charge in [0.05, 0.1) is 31.5 Å². The normalized spacial score (nSPS) is 12.1. The molecular weight excluding hydrogens is 496 g/mol. The number of carbonyl (C=O) groups excluding carboxylic acids is 2. The number of aromatic nitrogens is 2. The first kappa shape index (κ1) is 27.5. The Morgan fingerprint density at radius 2 is 1.72 bits per heavy atom. The van der Waals surface area contributed by atoms with E-state index in [9.17, 15) is 9.59 Å². The Balaban J connectivity index is 1.63. The Morgan fingerprint density at radius 3 is 2.44 bits per heavy atom. The van der Waals surface area contributed by atoms with Gasteiger partial charge < -0.3 is 24.8 Å². The number of benzene rings is 3. The Labute approximate surface area is 227 Å². The number of carbonyl (C=O) groups is 2. The molecule has 0 radical (unpaired) electrons. The molecular formula is C30H34N4O5.